The Morgan fingerprint density at radius 3 is 3.19 bits per heavy atom. The standard InChI is InChI=1S/C12H15N3O/c1-2-11-12(16-8-15-11)3-9(1)4-13-5-10-6-14-7-10/h1-3,8,10,13-14H,4-7H2. The molecular formula is C12H15N3O. The van der Waals surface area contributed by atoms with E-state index in [1.54, 1.807) is 0 Å². The van der Waals surface area contributed by atoms with E-state index in [0.717, 1.165) is 43.2 Å². The number of nitrogens with one attached hydrogen (secondary N) is 2. The Bertz CT molecular complexity index is 476. The summed E-state index contributed by atoms with van der Waals surface area (Å²) in [5, 5.41) is 6.73. The van der Waals surface area contributed by atoms with Crippen LogP contribution in [0.3, 0.4) is 0 Å². The van der Waals surface area contributed by atoms with Crippen molar-refractivity contribution in [3.63, 3.8) is 0 Å². The topological polar surface area (TPSA) is 50.1 Å². The SMILES string of the molecule is c1nc2ccc(CNCC3CNC3)cc2o1. The summed E-state index contributed by atoms with van der Waals surface area (Å²) in [6, 6.07) is 6.14. The Morgan fingerprint density at radius 2 is 2.38 bits per heavy atom. The van der Waals surface area contributed by atoms with Crippen LogP contribution < -0.4 is 10.6 Å². The first-order valence-corrected chi connectivity index (χ1v) is 5.65. The molecular weight excluding hydrogens is 202 g/mol. The highest BCUT2D eigenvalue weighted by molar-refractivity contribution is 5.72. The van der Waals surface area contributed by atoms with Crippen molar-refractivity contribution in [1.29, 1.82) is 0 Å². The van der Waals surface area contributed by atoms with Crippen molar-refractivity contribution in [3.8, 4) is 0 Å². The van der Waals surface area contributed by atoms with Gasteiger partial charge in [0.1, 0.15) is 5.52 Å². The first-order valence-electron chi connectivity index (χ1n) is 5.65. The molecule has 1 saturated heterocycles. The highest BCUT2D eigenvalue weighted by atomic mass is 16.3. The van der Waals surface area contributed by atoms with E-state index in [1.807, 2.05) is 12.1 Å². The largest absolute Gasteiger partial charge is 0.443 e. The number of nitrogens with zero attached hydrogens (tertiary/aromatic N) is 1. The average molecular weight is 217 g/mol. The van der Waals surface area contributed by atoms with E-state index in [9.17, 15) is 0 Å². The summed E-state index contributed by atoms with van der Waals surface area (Å²) in [5.41, 5.74) is 3.04. The summed E-state index contributed by atoms with van der Waals surface area (Å²) < 4.78 is 5.27. The summed E-state index contributed by atoms with van der Waals surface area (Å²) >= 11 is 0. The van der Waals surface area contributed by atoms with E-state index in [2.05, 4.69) is 21.7 Å². The second kappa shape index (κ2) is 4.23. The van der Waals surface area contributed by atoms with Crippen molar-refractivity contribution in [2.24, 2.45) is 5.92 Å². The molecule has 0 bridgehead atoms. The van der Waals surface area contributed by atoms with E-state index in [1.165, 1.54) is 12.0 Å². The molecule has 0 amide bonds. The lowest BCUT2D eigenvalue weighted by Crippen LogP contribution is -2.47. The maximum absolute atomic E-state index is 5.27. The fraction of sp³-hybridized carbons (Fsp3) is 0.417. The van der Waals surface area contributed by atoms with Gasteiger partial charge in [0.15, 0.2) is 12.0 Å². The van der Waals surface area contributed by atoms with Gasteiger partial charge in [-0.25, -0.2) is 4.98 Å². The molecule has 0 radical (unpaired) electrons. The van der Waals surface area contributed by atoms with E-state index < -0.39 is 0 Å². The summed E-state index contributed by atoms with van der Waals surface area (Å²) in [4.78, 5) is 4.10. The van der Waals surface area contributed by atoms with Crippen LogP contribution >= 0.6 is 0 Å². The van der Waals surface area contributed by atoms with Gasteiger partial charge in [-0.05, 0) is 23.6 Å². The number of aromatic nitrogens is 1. The smallest absolute Gasteiger partial charge is 0.181 e. The summed E-state index contributed by atoms with van der Waals surface area (Å²) in [7, 11) is 0. The highest BCUT2D eigenvalue weighted by Gasteiger charge is 2.15. The van der Waals surface area contributed by atoms with Crippen molar-refractivity contribution in [1.82, 2.24) is 15.6 Å². The molecule has 16 heavy (non-hydrogen) atoms. The van der Waals surface area contributed by atoms with Crippen molar-refractivity contribution < 1.29 is 4.42 Å². The number of fused-ring (bicyclic) bond motifs is 1. The second-order valence-electron chi connectivity index (χ2n) is 4.31. The highest BCUT2D eigenvalue weighted by Crippen LogP contribution is 2.14. The van der Waals surface area contributed by atoms with E-state index >= 15 is 0 Å². The molecule has 84 valence electrons. The molecule has 0 saturated carbocycles. The lowest BCUT2D eigenvalue weighted by Gasteiger charge is -2.27. The van der Waals surface area contributed by atoms with Gasteiger partial charge in [-0.3, -0.25) is 0 Å². The van der Waals surface area contributed by atoms with Gasteiger partial charge in [-0.15, -0.1) is 0 Å². The van der Waals surface area contributed by atoms with Crippen molar-refractivity contribution in [2.45, 2.75) is 6.54 Å². The van der Waals surface area contributed by atoms with Crippen LogP contribution in [0.2, 0.25) is 0 Å². The number of rotatable bonds is 4. The molecule has 2 N–H and O–H groups in total. The van der Waals surface area contributed by atoms with Crippen LogP contribution in [0.4, 0.5) is 0 Å². The summed E-state index contributed by atoms with van der Waals surface area (Å²) in [6.07, 6.45) is 1.49. The first kappa shape index (κ1) is 9.81. The number of oxazole rings is 1. The molecule has 0 atom stereocenters. The molecule has 1 aromatic heterocycles. The zero-order valence-electron chi connectivity index (χ0n) is 9.07. The normalized spacial score (nSPS) is 16.5. The molecule has 0 unspecified atom stereocenters. The van der Waals surface area contributed by atoms with Crippen LogP contribution in [0.5, 0.6) is 0 Å². The minimum atomic E-state index is 0.800. The maximum Gasteiger partial charge on any atom is 0.181 e. The molecule has 1 aromatic carbocycles. The van der Waals surface area contributed by atoms with Crippen molar-refractivity contribution >= 4 is 11.1 Å². The van der Waals surface area contributed by atoms with Crippen LogP contribution in [0, 0.1) is 5.92 Å². The van der Waals surface area contributed by atoms with Crippen LogP contribution in [0.15, 0.2) is 29.0 Å². The predicted octanol–water partition coefficient (Wildman–Crippen LogP) is 1.14. The van der Waals surface area contributed by atoms with E-state index in [-0.39, 0.29) is 0 Å². The molecule has 4 nitrogen and oxygen atoms in total. The van der Waals surface area contributed by atoms with Crippen LogP contribution in [-0.4, -0.2) is 24.6 Å². The van der Waals surface area contributed by atoms with Crippen LogP contribution in [0.25, 0.3) is 11.1 Å². The van der Waals surface area contributed by atoms with Crippen molar-refractivity contribution in [3.05, 3.63) is 30.2 Å². The van der Waals surface area contributed by atoms with Crippen LogP contribution in [-0.2, 0) is 6.54 Å². The van der Waals surface area contributed by atoms with Gasteiger partial charge in [0.25, 0.3) is 0 Å². The Balaban J connectivity index is 1.60. The molecule has 2 heterocycles. The van der Waals surface area contributed by atoms with Gasteiger partial charge >= 0.3 is 0 Å². The van der Waals surface area contributed by atoms with Gasteiger partial charge in [0.05, 0.1) is 0 Å². The Hall–Kier alpha value is -1.39. The first-order chi connectivity index (χ1) is 7.92. The summed E-state index contributed by atoms with van der Waals surface area (Å²) in [6.45, 7) is 4.27. The number of benzene rings is 1. The number of hydrogen-bond donors (Lipinski definition) is 2. The van der Waals surface area contributed by atoms with E-state index in [4.69, 9.17) is 4.42 Å². The van der Waals surface area contributed by atoms with Crippen LogP contribution in [0.1, 0.15) is 5.56 Å². The molecule has 1 aliphatic heterocycles. The van der Waals surface area contributed by atoms with Gasteiger partial charge in [-0.2, -0.15) is 0 Å². The number of hydrogen-bond acceptors (Lipinski definition) is 4. The minimum Gasteiger partial charge on any atom is -0.443 e. The Morgan fingerprint density at radius 1 is 1.44 bits per heavy atom. The summed E-state index contributed by atoms with van der Waals surface area (Å²) in [5.74, 6) is 0.800. The molecule has 4 heteroatoms. The molecule has 1 aliphatic rings. The fourth-order valence-electron chi connectivity index (χ4n) is 1.92. The molecule has 0 aliphatic carbocycles. The lowest BCUT2D eigenvalue weighted by atomic mass is 10.0. The Labute approximate surface area is 94.0 Å². The van der Waals surface area contributed by atoms with Crippen molar-refractivity contribution in [2.75, 3.05) is 19.6 Å². The van der Waals surface area contributed by atoms with Gasteiger partial charge < -0.3 is 15.1 Å². The Kier molecular flexibility index (Phi) is 2.60. The van der Waals surface area contributed by atoms with E-state index in [0.29, 0.717) is 0 Å². The van der Waals surface area contributed by atoms with Gasteiger partial charge in [-0.1, -0.05) is 6.07 Å². The monoisotopic (exact) mass is 217 g/mol. The third-order valence-corrected chi connectivity index (χ3v) is 3.02. The molecule has 0 spiro atoms. The minimum absolute atomic E-state index is 0.800. The quantitative estimate of drug-likeness (QED) is 0.806. The third-order valence-electron chi connectivity index (χ3n) is 3.02. The molecule has 1 fully saturated rings. The maximum atomic E-state index is 5.27. The van der Waals surface area contributed by atoms with Gasteiger partial charge in [0.2, 0.25) is 0 Å². The zero-order valence-corrected chi connectivity index (χ0v) is 9.07. The predicted molar refractivity (Wildman–Crippen MR) is 62.1 cm³/mol. The van der Waals surface area contributed by atoms with Gasteiger partial charge in [0, 0.05) is 26.2 Å². The zero-order chi connectivity index (χ0) is 10.8. The molecule has 2 aromatic rings. The fourth-order valence-corrected chi connectivity index (χ4v) is 1.92. The molecule has 3 rings (SSSR count). The lowest BCUT2D eigenvalue weighted by molar-refractivity contribution is 0.331. The average Bonchev–Trinajstić information content (AvgIpc) is 2.68. The second-order valence-corrected chi connectivity index (χ2v) is 4.31. The third kappa shape index (κ3) is 1.94.